The SMILES string of the molecule is CN1CCC(COCC2CC2)CC12CN(Cc1ccccc1C#N)C2. The van der Waals surface area contributed by atoms with Crippen LogP contribution in [0.1, 0.15) is 36.8 Å². The smallest absolute Gasteiger partial charge is 0.0995 e. The van der Waals surface area contributed by atoms with E-state index in [1.807, 2.05) is 18.2 Å². The predicted octanol–water partition coefficient (Wildman–Crippen LogP) is 2.88. The van der Waals surface area contributed by atoms with E-state index in [1.54, 1.807) is 0 Å². The number of hydrogen-bond acceptors (Lipinski definition) is 4. The van der Waals surface area contributed by atoms with Crippen molar-refractivity contribution in [2.24, 2.45) is 11.8 Å². The van der Waals surface area contributed by atoms with Crippen LogP contribution in [0, 0.1) is 23.2 Å². The molecule has 2 saturated heterocycles. The van der Waals surface area contributed by atoms with Crippen LogP contribution >= 0.6 is 0 Å². The third kappa shape index (κ3) is 3.74. The van der Waals surface area contributed by atoms with Gasteiger partial charge in [0.25, 0.3) is 0 Å². The molecule has 1 spiro atoms. The molecule has 3 aliphatic rings. The molecule has 25 heavy (non-hydrogen) atoms. The topological polar surface area (TPSA) is 39.5 Å². The van der Waals surface area contributed by atoms with Crippen molar-refractivity contribution in [3.05, 3.63) is 35.4 Å². The molecule has 1 aromatic rings. The van der Waals surface area contributed by atoms with Crippen molar-refractivity contribution < 1.29 is 4.74 Å². The Bertz CT molecular complexity index is 643. The van der Waals surface area contributed by atoms with E-state index in [1.165, 1.54) is 32.2 Å². The molecule has 0 radical (unpaired) electrons. The van der Waals surface area contributed by atoms with Gasteiger partial charge in [0, 0.05) is 38.4 Å². The maximum absolute atomic E-state index is 9.28. The fourth-order valence-corrected chi connectivity index (χ4v) is 4.51. The lowest BCUT2D eigenvalue weighted by atomic mass is 9.75. The Morgan fingerprint density at radius 1 is 1.16 bits per heavy atom. The van der Waals surface area contributed by atoms with Gasteiger partial charge in [-0.05, 0) is 62.7 Å². The molecular weight excluding hydrogens is 310 g/mol. The van der Waals surface area contributed by atoms with Crippen LogP contribution in [0.25, 0.3) is 0 Å². The molecule has 4 nitrogen and oxygen atoms in total. The predicted molar refractivity (Wildman–Crippen MR) is 98.1 cm³/mol. The van der Waals surface area contributed by atoms with Crippen LogP contribution in [0.3, 0.4) is 0 Å². The van der Waals surface area contributed by atoms with E-state index in [0.717, 1.165) is 49.9 Å². The monoisotopic (exact) mass is 339 g/mol. The Morgan fingerprint density at radius 2 is 1.92 bits per heavy atom. The molecule has 0 bridgehead atoms. The van der Waals surface area contributed by atoms with Gasteiger partial charge < -0.3 is 4.74 Å². The van der Waals surface area contributed by atoms with Crippen molar-refractivity contribution in [2.75, 3.05) is 39.9 Å². The Morgan fingerprint density at radius 3 is 2.68 bits per heavy atom. The summed E-state index contributed by atoms with van der Waals surface area (Å²) in [4.78, 5) is 5.05. The van der Waals surface area contributed by atoms with E-state index >= 15 is 0 Å². The minimum atomic E-state index is 0.327. The summed E-state index contributed by atoms with van der Waals surface area (Å²) < 4.78 is 5.98. The van der Waals surface area contributed by atoms with Crippen LogP contribution in [0.2, 0.25) is 0 Å². The normalized spacial score (nSPS) is 26.3. The summed E-state index contributed by atoms with van der Waals surface area (Å²) in [6.07, 6.45) is 5.26. The van der Waals surface area contributed by atoms with Crippen molar-refractivity contribution in [2.45, 2.75) is 37.8 Å². The van der Waals surface area contributed by atoms with Crippen LogP contribution in [-0.2, 0) is 11.3 Å². The number of nitrogens with zero attached hydrogens (tertiary/aromatic N) is 3. The molecule has 3 fully saturated rings. The minimum absolute atomic E-state index is 0.327. The molecule has 1 aromatic carbocycles. The van der Waals surface area contributed by atoms with E-state index in [2.05, 4.69) is 29.0 Å². The Kier molecular flexibility index (Phi) is 4.82. The lowest BCUT2D eigenvalue weighted by Crippen LogP contribution is -2.71. The molecule has 4 heteroatoms. The Labute approximate surface area is 151 Å². The van der Waals surface area contributed by atoms with Gasteiger partial charge in [0.2, 0.25) is 0 Å². The molecule has 1 unspecified atom stereocenters. The molecule has 0 N–H and O–H groups in total. The maximum atomic E-state index is 9.28. The number of nitriles is 1. The molecule has 1 saturated carbocycles. The molecule has 0 amide bonds. The van der Waals surface area contributed by atoms with Crippen molar-refractivity contribution in [1.29, 1.82) is 5.26 Å². The second-order valence-electron chi connectivity index (χ2n) is 8.40. The summed E-state index contributed by atoms with van der Waals surface area (Å²) in [5.74, 6) is 1.57. The zero-order valence-electron chi connectivity index (χ0n) is 15.3. The number of ether oxygens (including phenoxy) is 1. The van der Waals surface area contributed by atoms with Crippen LogP contribution in [-0.4, -0.2) is 55.2 Å². The van der Waals surface area contributed by atoms with Gasteiger partial charge in [0.05, 0.1) is 11.6 Å². The molecule has 2 heterocycles. The first-order chi connectivity index (χ1) is 12.2. The third-order valence-electron chi connectivity index (χ3n) is 6.32. The first-order valence-electron chi connectivity index (χ1n) is 9.68. The Hall–Kier alpha value is -1.41. The van der Waals surface area contributed by atoms with Gasteiger partial charge in [0.1, 0.15) is 0 Å². The molecule has 1 atom stereocenters. The number of likely N-dealkylation sites (N-methyl/N-ethyl adjacent to an activating group) is 1. The lowest BCUT2D eigenvalue weighted by Gasteiger charge is -2.59. The van der Waals surface area contributed by atoms with Crippen molar-refractivity contribution in [3.63, 3.8) is 0 Å². The zero-order chi connectivity index (χ0) is 17.3. The van der Waals surface area contributed by atoms with Gasteiger partial charge in [-0.25, -0.2) is 0 Å². The van der Waals surface area contributed by atoms with Crippen molar-refractivity contribution in [1.82, 2.24) is 9.80 Å². The number of piperidine rings is 1. The second kappa shape index (κ2) is 7.07. The first-order valence-corrected chi connectivity index (χ1v) is 9.68. The largest absolute Gasteiger partial charge is 0.381 e. The molecule has 2 aliphatic heterocycles. The van der Waals surface area contributed by atoms with Crippen LogP contribution in [0.4, 0.5) is 0 Å². The highest BCUT2D eigenvalue weighted by Crippen LogP contribution is 2.39. The summed E-state index contributed by atoms with van der Waals surface area (Å²) in [7, 11) is 2.28. The van der Waals surface area contributed by atoms with Gasteiger partial charge in [-0.1, -0.05) is 18.2 Å². The average Bonchev–Trinajstić information content (AvgIpc) is 3.41. The fraction of sp³-hybridized carbons (Fsp3) is 0.667. The highest BCUT2D eigenvalue weighted by molar-refractivity contribution is 5.37. The number of rotatable bonds is 6. The standard InChI is InChI=1S/C21H29N3O/c1-23-9-8-18(14-25-13-17-6-7-17)10-21(23)15-24(16-21)12-20-5-3-2-4-19(20)11-22/h2-5,17-18H,6-10,12-16H2,1H3. The molecule has 1 aliphatic carbocycles. The van der Waals surface area contributed by atoms with Crippen molar-refractivity contribution in [3.8, 4) is 6.07 Å². The second-order valence-corrected chi connectivity index (χ2v) is 8.40. The zero-order valence-corrected chi connectivity index (χ0v) is 15.3. The number of benzene rings is 1. The van der Waals surface area contributed by atoms with Gasteiger partial charge in [-0.3, -0.25) is 9.80 Å². The maximum Gasteiger partial charge on any atom is 0.0995 e. The summed E-state index contributed by atoms with van der Waals surface area (Å²) in [5.41, 5.74) is 2.29. The Balaban J connectivity index is 1.30. The number of likely N-dealkylation sites (tertiary alicyclic amines) is 2. The molecule has 0 aromatic heterocycles. The molecular formula is C21H29N3O. The van der Waals surface area contributed by atoms with Crippen LogP contribution in [0.5, 0.6) is 0 Å². The highest BCUT2D eigenvalue weighted by Gasteiger charge is 2.49. The first kappa shape index (κ1) is 17.0. The summed E-state index contributed by atoms with van der Waals surface area (Å²) in [6.45, 7) is 6.23. The van der Waals surface area contributed by atoms with E-state index in [9.17, 15) is 5.26 Å². The molecule has 4 rings (SSSR count). The summed E-state index contributed by atoms with van der Waals surface area (Å²) >= 11 is 0. The van der Waals surface area contributed by atoms with Gasteiger partial charge >= 0.3 is 0 Å². The highest BCUT2D eigenvalue weighted by atomic mass is 16.5. The van der Waals surface area contributed by atoms with Gasteiger partial charge in [0.15, 0.2) is 0 Å². The van der Waals surface area contributed by atoms with Gasteiger partial charge in [-0.15, -0.1) is 0 Å². The fourth-order valence-electron chi connectivity index (χ4n) is 4.51. The van der Waals surface area contributed by atoms with Crippen molar-refractivity contribution >= 4 is 0 Å². The number of hydrogen-bond donors (Lipinski definition) is 0. The summed E-state index contributed by atoms with van der Waals surface area (Å²) in [5, 5.41) is 9.28. The van der Waals surface area contributed by atoms with E-state index in [0.29, 0.717) is 11.5 Å². The average molecular weight is 339 g/mol. The van der Waals surface area contributed by atoms with E-state index in [-0.39, 0.29) is 0 Å². The molecule has 134 valence electrons. The quantitative estimate of drug-likeness (QED) is 0.799. The van der Waals surface area contributed by atoms with E-state index in [4.69, 9.17) is 4.74 Å². The minimum Gasteiger partial charge on any atom is -0.381 e. The summed E-state index contributed by atoms with van der Waals surface area (Å²) in [6, 6.07) is 10.3. The van der Waals surface area contributed by atoms with Gasteiger partial charge in [-0.2, -0.15) is 5.26 Å². The third-order valence-corrected chi connectivity index (χ3v) is 6.32. The van der Waals surface area contributed by atoms with Crippen LogP contribution in [0.15, 0.2) is 24.3 Å². The van der Waals surface area contributed by atoms with E-state index < -0.39 is 0 Å². The van der Waals surface area contributed by atoms with Crippen LogP contribution < -0.4 is 0 Å². The lowest BCUT2D eigenvalue weighted by molar-refractivity contribution is -0.0930.